The number of hydrogen-bond acceptors (Lipinski definition) is 3. The van der Waals surface area contributed by atoms with Crippen molar-refractivity contribution in [2.45, 2.75) is 31.5 Å². The van der Waals surface area contributed by atoms with E-state index in [1.807, 2.05) is 0 Å². The summed E-state index contributed by atoms with van der Waals surface area (Å²) in [4.78, 5) is 3.83. The van der Waals surface area contributed by atoms with Crippen molar-refractivity contribution in [2.24, 2.45) is 5.84 Å². The smallest absolute Gasteiger partial charge is 0.271 e. The predicted octanol–water partition coefficient (Wildman–Crippen LogP) is 2.32. The third kappa shape index (κ3) is 4.59. The van der Waals surface area contributed by atoms with Gasteiger partial charge in [-0.25, -0.2) is 0 Å². The summed E-state index contributed by atoms with van der Waals surface area (Å²) in [5, 5.41) is 0. The number of nitrogens with zero attached hydrogens (tertiary/aromatic N) is 1. The summed E-state index contributed by atoms with van der Waals surface area (Å²) in [7, 11) is 0. The second kappa shape index (κ2) is 5.81. The summed E-state index contributed by atoms with van der Waals surface area (Å²) in [6.45, 7) is 0. The maximum atomic E-state index is 12.0. The number of halogens is 3. The highest BCUT2D eigenvalue weighted by molar-refractivity contribution is 5.14. The van der Waals surface area contributed by atoms with Gasteiger partial charge in [0.05, 0.1) is 0 Å². The van der Waals surface area contributed by atoms with Crippen molar-refractivity contribution in [3.05, 3.63) is 30.1 Å². The molecule has 3 nitrogen and oxygen atoms in total. The Labute approximate surface area is 91.8 Å². The molecule has 16 heavy (non-hydrogen) atoms. The van der Waals surface area contributed by atoms with E-state index in [9.17, 15) is 13.2 Å². The van der Waals surface area contributed by atoms with Crippen molar-refractivity contribution in [3.63, 3.8) is 0 Å². The monoisotopic (exact) mass is 233 g/mol. The Morgan fingerprint density at radius 1 is 1.31 bits per heavy atom. The average molecular weight is 233 g/mol. The van der Waals surface area contributed by atoms with Crippen molar-refractivity contribution in [2.75, 3.05) is 0 Å². The highest BCUT2D eigenvalue weighted by Gasteiger charge is 2.26. The van der Waals surface area contributed by atoms with Crippen molar-refractivity contribution in [1.29, 1.82) is 0 Å². The number of alkyl halides is 3. The average Bonchev–Trinajstić information content (AvgIpc) is 2.24. The molecule has 0 amide bonds. The zero-order valence-electron chi connectivity index (χ0n) is 8.67. The molecule has 1 unspecified atom stereocenters. The lowest BCUT2D eigenvalue weighted by Crippen LogP contribution is -2.28. The van der Waals surface area contributed by atoms with E-state index in [-0.39, 0.29) is 12.5 Å². The minimum absolute atomic E-state index is 0.0562. The molecule has 1 aromatic heterocycles. The number of aromatic nitrogens is 1. The van der Waals surface area contributed by atoms with Crippen molar-refractivity contribution in [3.8, 4) is 0 Å². The molecule has 0 saturated carbocycles. The van der Waals surface area contributed by atoms with Crippen LogP contribution in [0, 0.1) is 0 Å². The fourth-order valence-electron chi connectivity index (χ4n) is 1.45. The van der Waals surface area contributed by atoms with E-state index >= 15 is 0 Å². The summed E-state index contributed by atoms with van der Waals surface area (Å²) in [6.07, 6.45) is -1.30. The number of pyridine rings is 1. The Kier molecular flexibility index (Phi) is 4.70. The Morgan fingerprint density at radius 2 is 1.94 bits per heavy atom. The first-order valence-corrected chi connectivity index (χ1v) is 4.96. The van der Waals surface area contributed by atoms with E-state index in [4.69, 9.17) is 5.84 Å². The molecule has 0 fully saturated rings. The van der Waals surface area contributed by atoms with Gasteiger partial charge in [-0.2, -0.15) is 13.2 Å². The molecule has 0 aliphatic heterocycles. The van der Waals surface area contributed by atoms with E-state index in [1.165, 1.54) is 0 Å². The summed E-state index contributed by atoms with van der Waals surface area (Å²) in [6, 6.07) is 3.21. The predicted molar refractivity (Wildman–Crippen MR) is 54.2 cm³/mol. The number of nitrogens with two attached hydrogens (primary N) is 1. The summed E-state index contributed by atoms with van der Waals surface area (Å²) in [5.74, 6) is 5.30. The van der Waals surface area contributed by atoms with Crippen LogP contribution in [0.4, 0.5) is 13.2 Å². The normalized spacial score (nSPS) is 13.8. The first-order chi connectivity index (χ1) is 7.53. The maximum absolute atomic E-state index is 12.0. The maximum Gasteiger partial charge on any atom is 0.389 e. The third-order valence-electron chi connectivity index (χ3n) is 2.26. The number of hydrazine groups is 1. The van der Waals surface area contributed by atoms with Gasteiger partial charge in [0.15, 0.2) is 0 Å². The van der Waals surface area contributed by atoms with Gasteiger partial charge in [-0.1, -0.05) is 0 Å². The number of nitrogens with one attached hydrogen (secondary N) is 1. The van der Waals surface area contributed by atoms with Gasteiger partial charge in [-0.15, -0.1) is 0 Å². The molecular formula is C10H14F3N3. The summed E-state index contributed by atoms with van der Waals surface area (Å²) >= 11 is 0. The zero-order valence-corrected chi connectivity index (χ0v) is 8.67. The lowest BCUT2D eigenvalue weighted by Gasteiger charge is -2.16. The van der Waals surface area contributed by atoms with Crippen LogP contribution in [-0.4, -0.2) is 11.2 Å². The highest BCUT2D eigenvalue weighted by Crippen LogP contribution is 2.25. The first-order valence-electron chi connectivity index (χ1n) is 4.96. The van der Waals surface area contributed by atoms with Crippen LogP contribution in [-0.2, 0) is 0 Å². The van der Waals surface area contributed by atoms with Gasteiger partial charge in [-0.05, 0) is 30.5 Å². The molecule has 90 valence electrons. The van der Waals surface area contributed by atoms with E-state index < -0.39 is 12.6 Å². The fourth-order valence-corrected chi connectivity index (χ4v) is 1.45. The van der Waals surface area contributed by atoms with Gasteiger partial charge < -0.3 is 0 Å². The Hall–Kier alpha value is -1.14. The molecule has 0 bridgehead atoms. The molecule has 0 aliphatic rings. The van der Waals surface area contributed by atoms with E-state index in [0.29, 0.717) is 6.42 Å². The van der Waals surface area contributed by atoms with Crippen molar-refractivity contribution < 1.29 is 13.2 Å². The van der Waals surface area contributed by atoms with E-state index in [1.54, 1.807) is 24.5 Å². The van der Waals surface area contributed by atoms with Gasteiger partial charge in [-0.3, -0.25) is 16.3 Å². The fraction of sp³-hybridized carbons (Fsp3) is 0.500. The van der Waals surface area contributed by atoms with E-state index in [2.05, 4.69) is 10.4 Å². The molecule has 0 aromatic carbocycles. The number of hydrogen-bond donors (Lipinski definition) is 2. The van der Waals surface area contributed by atoms with Crippen LogP contribution in [0.2, 0.25) is 0 Å². The lowest BCUT2D eigenvalue weighted by molar-refractivity contribution is -0.135. The third-order valence-corrected chi connectivity index (χ3v) is 2.26. The molecule has 1 heterocycles. The van der Waals surface area contributed by atoms with E-state index in [0.717, 1.165) is 5.56 Å². The van der Waals surface area contributed by atoms with Gasteiger partial charge in [0.2, 0.25) is 0 Å². The van der Waals surface area contributed by atoms with Crippen LogP contribution < -0.4 is 11.3 Å². The Bertz CT molecular complexity index is 300. The summed E-state index contributed by atoms with van der Waals surface area (Å²) < 4.78 is 35.9. The van der Waals surface area contributed by atoms with Crippen LogP contribution in [0.15, 0.2) is 24.5 Å². The number of rotatable bonds is 5. The molecule has 0 saturated heterocycles. The highest BCUT2D eigenvalue weighted by atomic mass is 19.4. The Balaban J connectivity index is 2.45. The SMILES string of the molecule is NNC(CCCC(F)(F)F)c1ccncc1. The molecule has 3 N–H and O–H groups in total. The minimum atomic E-state index is -4.10. The van der Waals surface area contributed by atoms with Crippen LogP contribution >= 0.6 is 0 Å². The lowest BCUT2D eigenvalue weighted by atomic mass is 10.0. The van der Waals surface area contributed by atoms with Crippen molar-refractivity contribution in [1.82, 2.24) is 10.4 Å². The molecule has 0 spiro atoms. The second-order valence-electron chi connectivity index (χ2n) is 3.51. The molecule has 6 heteroatoms. The first kappa shape index (κ1) is 12.9. The minimum Gasteiger partial charge on any atom is -0.271 e. The van der Waals surface area contributed by atoms with Crippen LogP contribution in [0.25, 0.3) is 0 Å². The molecule has 1 atom stereocenters. The van der Waals surface area contributed by atoms with Gasteiger partial charge >= 0.3 is 6.18 Å². The van der Waals surface area contributed by atoms with Gasteiger partial charge in [0.1, 0.15) is 0 Å². The molecule has 0 aliphatic carbocycles. The van der Waals surface area contributed by atoms with Crippen LogP contribution in [0.5, 0.6) is 0 Å². The standard InChI is InChI=1S/C10H14F3N3/c11-10(12,13)5-1-2-9(16-14)8-3-6-15-7-4-8/h3-4,6-7,9,16H,1-2,5,14H2. The molecule has 1 rings (SSSR count). The second-order valence-corrected chi connectivity index (χ2v) is 3.51. The molecular weight excluding hydrogens is 219 g/mol. The quantitative estimate of drug-likeness (QED) is 0.606. The van der Waals surface area contributed by atoms with Gasteiger partial charge in [0, 0.05) is 24.9 Å². The molecule has 1 aromatic rings. The molecule has 0 radical (unpaired) electrons. The van der Waals surface area contributed by atoms with Crippen molar-refractivity contribution >= 4 is 0 Å². The van der Waals surface area contributed by atoms with Crippen LogP contribution in [0.3, 0.4) is 0 Å². The topological polar surface area (TPSA) is 50.9 Å². The summed E-state index contributed by atoms with van der Waals surface area (Å²) in [5.41, 5.74) is 3.36. The van der Waals surface area contributed by atoms with Gasteiger partial charge in [0.25, 0.3) is 0 Å². The largest absolute Gasteiger partial charge is 0.389 e. The van der Waals surface area contributed by atoms with Crippen LogP contribution in [0.1, 0.15) is 30.9 Å². The Morgan fingerprint density at radius 3 is 2.44 bits per heavy atom. The zero-order chi connectivity index (χ0) is 12.0.